The highest BCUT2D eigenvalue weighted by atomic mass is 16.7. The zero-order valence-corrected chi connectivity index (χ0v) is 47.7. The smallest absolute Gasteiger partial charge is 0.220 e. The van der Waals surface area contributed by atoms with Crippen LogP contribution in [0.4, 0.5) is 0 Å². The molecule has 0 saturated carbocycles. The Balaban J connectivity index is 1.74. The molecule has 444 valence electrons. The molecule has 0 aromatic rings. The zero-order chi connectivity index (χ0) is 55.3. The van der Waals surface area contributed by atoms with Crippen LogP contribution in [0.25, 0.3) is 0 Å². The number of ether oxygens (including phenoxy) is 4. The van der Waals surface area contributed by atoms with Crippen molar-refractivity contribution < 1.29 is 64.6 Å². The first-order chi connectivity index (χ1) is 37.1. The van der Waals surface area contributed by atoms with Crippen molar-refractivity contribution in [2.24, 2.45) is 0 Å². The van der Waals surface area contributed by atoms with Crippen molar-refractivity contribution in [3.8, 4) is 0 Å². The van der Waals surface area contributed by atoms with Gasteiger partial charge in [-0.1, -0.05) is 229 Å². The molecule has 14 nitrogen and oxygen atoms in total. The molecule has 0 aromatic heterocycles. The molecule has 0 spiro atoms. The number of allylic oxidation sites excluding steroid dienone is 7. The van der Waals surface area contributed by atoms with Crippen LogP contribution in [0.1, 0.15) is 245 Å². The first-order valence-corrected chi connectivity index (χ1v) is 30.9. The second-order valence-electron chi connectivity index (χ2n) is 21.8. The Kier molecular flexibility index (Phi) is 44.0. The van der Waals surface area contributed by atoms with E-state index in [9.17, 15) is 45.6 Å². The van der Waals surface area contributed by atoms with Crippen molar-refractivity contribution in [2.45, 2.75) is 319 Å². The molecule has 9 N–H and O–H groups in total. The molecule has 0 radical (unpaired) electrons. The number of aliphatic hydroxyl groups is 8. The minimum absolute atomic E-state index is 0.243. The predicted molar refractivity (Wildman–Crippen MR) is 304 cm³/mol. The van der Waals surface area contributed by atoms with E-state index in [0.29, 0.717) is 6.42 Å². The highest BCUT2D eigenvalue weighted by molar-refractivity contribution is 5.76. The maximum Gasteiger partial charge on any atom is 0.220 e. The van der Waals surface area contributed by atoms with E-state index in [1.54, 1.807) is 6.08 Å². The molecular weight excluding hydrogens is 967 g/mol. The van der Waals surface area contributed by atoms with Gasteiger partial charge in [-0.25, -0.2) is 0 Å². The van der Waals surface area contributed by atoms with Crippen LogP contribution in [0, 0.1) is 0 Å². The minimum atomic E-state index is -1.79. The van der Waals surface area contributed by atoms with Crippen LogP contribution in [0.5, 0.6) is 0 Å². The Morgan fingerprint density at radius 3 is 1.33 bits per heavy atom. The van der Waals surface area contributed by atoms with Crippen LogP contribution in [0.3, 0.4) is 0 Å². The maximum atomic E-state index is 13.3. The summed E-state index contributed by atoms with van der Waals surface area (Å²) in [6.45, 7) is 2.80. The Bertz CT molecular complexity index is 1460. The van der Waals surface area contributed by atoms with Gasteiger partial charge in [0, 0.05) is 6.42 Å². The van der Waals surface area contributed by atoms with Crippen molar-refractivity contribution in [1.82, 2.24) is 5.32 Å². The van der Waals surface area contributed by atoms with Gasteiger partial charge in [-0.15, -0.1) is 0 Å². The third-order valence-electron chi connectivity index (χ3n) is 15.0. The molecule has 14 heteroatoms. The molecular formula is C62H113NO13. The molecule has 0 aliphatic carbocycles. The van der Waals surface area contributed by atoms with E-state index >= 15 is 0 Å². The summed E-state index contributed by atoms with van der Waals surface area (Å²) in [6.07, 6.45) is 42.8. The Hall–Kier alpha value is -2.05. The lowest BCUT2D eigenvalue weighted by atomic mass is 9.97. The summed E-state index contributed by atoms with van der Waals surface area (Å²) in [5.74, 6) is -0.243. The lowest BCUT2D eigenvalue weighted by molar-refractivity contribution is -0.359. The van der Waals surface area contributed by atoms with Gasteiger partial charge in [0.2, 0.25) is 5.91 Å². The molecule has 2 saturated heterocycles. The molecule has 0 bridgehead atoms. The quantitative estimate of drug-likeness (QED) is 0.0204. The summed E-state index contributed by atoms with van der Waals surface area (Å²) < 4.78 is 22.8. The van der Waals surface area contributed by atoms with E-state index in [4.69, 9.17) is 18.9 Å². The second kappa shape index (κ2) is 47.7. The van der Waals surface area contributed by atoms with E-state index in [1.165, 1.54) is 161 Å². The van der Waals surface area contributed by atoms with Crippen LogP contribution in [0.15, 0.2) is 48.6 Å². The first-order valence-electron chi connectivity index (χ1n) is 30.9. The largest absolute Gasteiger partial charge is 0.394 e. The summed E-state index contributed by atoms with van der Waals surface area (Å²) in [5, 5.41) is 87.1. The van der Waals surface area contributed by atoms with Gasteiger partial charge >= 0.3 is 0 Å². The van der Waals surface area contributed by atoms with Gasteiger partial charge in [-0.05, 0) is 57.8 Å². The summed E-state index contributed by atoms with van der Waals surface area (Å²) in [6, 6.07) is -0.918. The topological polar surface area (TPSA) is 228 Å². The van der Waals surface area contributed by atoms with Crippen LogP contribution >= 0.6 is 0 Å². The van der Waals surface area contributed by atoms with E-state index in [2.05, 4.69) is 55.6 Å². The van der Waals surface area contributed by atoms with Gasteiger partial charge in [-0.3, -0.25) is 4.79 Å². The average molecular weight is 1080 g/mol. The van der Waals surface area contributed by atoms with Crippen LogP contribution < -0.4 is 5.32 Å². The maximum absolute atomic E-state index is 13.3. The SMILES string of the molecule is CCCCCCC/C=C\C/C=C\C/C=C\CCCCCCCCCCCCC(=O)NC(COC1OC(CO)C(OC2OC(CO)C(O)C(O)C2O)C(O)C1O)C(O)/C=C/CCCCCCCCCCCCCCCCC. The van der Waals surface area contributed by atoms with Gasteiger partial charge < -0.3 is 65.1 Å². The summed E-state index contributed by atoms with van der Waals surface area (Å²) >= 11 is 0. The van der Waals surface area contributed by atoms with Gasteiger partial charge in [0.1, 0.15) is 48.8 Å². The van der Waals surface area contributed by atoms with Gasteiger partial charge in [0.15, 0.2) is 12.6 Å². The Labute approximate surface area is 461 Å². The molecule has 12 atom stereocenters. The molecule has 1 amide bonds. The molecule has 12 unspecified atom stereocenters. The third-order valence-corrected chi connectivity index (χ3v) is 15.0. The molecule has 2 heterocycles. The fourth-order valence-electron chi connectivity index (χ4n) is 10.0. The molecule has 2 aliphatic rings. The zero-order valence-electron chi connectivity index (χ0n) is 47.7. The van der Waals surface area contributed by atoms with E-state index in [0.717, 1.165) is 57.8 Å². The number of nitrogens with one attached hydrogen (secondary N) is 1. The predicted octanol–water partition coefficient (Wildman–Crippen LogP) is 10.8. The number of hydrogen-bond acceptors (Lipinski definition) is 13. The van der Waals surface area contributed by atoms with Gasteiger partial charge in [0.25, 0.3) is 0 Å². The Morgan fingerprint density at radius 2 is 0.868 bits per heavy atom. The monoisotopic (exact) mass is 1080 g/mol. The van der Waals surface area contributed by atoms with Gasteiger partial charge in [-0.2, -0.15) is 0 Å². The molecule has 2 rings (SSSR count). The number of hydrogen-bond donors (Lipinski definition) is 9. The molecule has 2 aliphatic heterocycles. The van der Waals surface area contributed by atoms with Crippen molar-refractivity contribution in [3.63, 3.8) is 0 Å². The second-order valence-corrected chi connectivity index (χ2v) is 21.8. The fourth-order valence-corrected chi connectivity index (χ4v) is 10.0. The van der Waals surface area contributed by atoms with Crippen molar-refractivity contribution >= 4 is 5.91 Å². The number of carbonyl (C=O) groups is 1. The average Bonchev–Trinajstić information content (AvgIpc) is 3.42. The summed E-state index contributed by atoms with van der Waals surface area (Å²) in [7, 11) is 0. The number of amides is 1. The number of aliphatic hydroxyl groups excluding tert-OH is 8. The lowest BCUT2D eigenvalue weighted by Crippen LogP contribution is -2.65. The minimum Gasteiger partial charge on any atom is -0.394 e. The van der Waals surface area contributed by atoms with E-state index in [1.807, 2.05) is 6.08 Å². The number of carbonyl (C=O) groups excluding carboxylic acids is 1. The third kappa shape index (κ3) is 32.9. The van der Waals surface area contributed by atoms with E-state index in [-0.39, 0.29) is 18.9 Å². The molecule has 0 aromatic carbocycles. The summed E-state index contributed by atoms with van der Waals surface area (Å²) in [5.41, 5.74) is 0. The molecule has 76 heavy (non-hydrogen) atoms. The number of rotatable bonds is 49. The lowest BCUT2D eigenvalue weighted by Gasteiger charge is -2.46. The highest BCUT2D eigenvalue weighted by Gasteiger charge is 2.51. The molecule has 2 fully saturated rings. The van der Waals surface area contributed by atoms with Crippen molar-refractivity contribution in [2.75, 3.05) is 19.8 Å². The fraction of sp³-hybridized carbons (Fsp3) is 0.855. The van der Waals surface area contributed by atoms with Crippen LogP contribution in [0.2, 0.25) is 0 Å². The Morgan fingerprint density at radius 1 is 0.474 bits per heavy atom. The van der Waals surface area contributed by atoms with Crippen LogP contribution in [-0.2, 0) is 23.7 Å². The number of unbranched alkanes of at least 4 members (excludes halogenated alkanes) is 30. The first kappa shape index (κ1) is 70.1. The van der Waals surface area contributed by atoms with E-state index < -0.39 is 86.8 Å². The van der Waals surface area contributed by atoms with Gasteiger partial charge in [0.05, 0.1) is 32.0 Å². The standard InChI is InChI=1S/C62H113NO13/c1-3-5-7-9-11-13-15-17-19-21-22-23-24-25-26-27-28-30-32-34-36-38-40-42-44-46-54(67)63-50(51(66)45-43-41-39-37-35-33-31-29-20-18-16-14-12-10-8-6-4-2)49-73-61-59(72)57(70)60(53(48-65)75-61)76-62-58(71)56(69)55(68)52(47-64)74-62/h15,17,21-22,24-25,43,45,50-53,55-62,64-66,68-72H,3-14,16,18-20,23,26-42,44,46-49H2,1-2H3,(H,63,67)/b17-15-,22-21-,25-24-,45-43+. The normalized spacial score (nSPS) is 25.2. The van der Waals surface area contributed by atoms with Crippen LogP contribution in [-0.4, -0.2) is 140 Å². The summed E-state index contributed by atoms with van der Waals surface area (Å²) in [4.78, 5) is 13.3. The highest BCUT2D eigenvalue weighted by Crippen LogP contribution is 2.30. The van der Waals surface area contributed by atoms with Crippen molar-refractivity contribution in [1.29, 1.82) is 0 Å². The van der Waals surface area contributed by atoms with Crippen molar-refractivity contribution in [3.05, 3.63) is 48.6 Å².